The third kappa shape index (κ3) is 4.00. The molecule has 0 amide bonds. The zero-order valence-electron chi connectivity index (χ0n) is 11.7. The van der Waals surface area contributed by atoms with E-state index in [9.17, 15) is 0 Å². The summed E-state index contributed by atoms with van der Waals surface area (Å²) >= 11 is 3.52. The first-order valence-electron chi connectivity index (χ1n) is 6.68. The van der Waals surface area contributed by atoms with Crippen molar-refractivity contribution in [1.82, 2.24) is 9.97 Å². The number of thiazole rings is 2. The second-order valence-electron chi connectivity index (χ2n) is 4.42. The van der Waals surface area contributed by atoms with Crippen LogP contribution in [0.4, 0.5) is 0 Å². The second-order valence-corrected chi connectivity index (χ2v) is 11.9. The van der Waals surface area contributed by atoms with E-state index in [0.717, 1.165) is 24.8 Å². The van der Waals surface area contributed by atoms with E-state index >= 15 is 0 Å². The number of fused-ring (bicyclic) bond motifs is 2. The minimum atomic E-state index is 1.00. The van der Waals surface area contributed by atoms with Gasteiger partial charge in [-0.25, -0.2) is 9.97 Å². The Morgan fingerprint density at radius 3 is 1.65 bits per heavy atom. The highest BCUT2D eigenvalue weighted by molar-refractivity contribution is 8.85. The Bertz CT molecular complexity index is 790. The maximum Gasteiger partial charge on any atom is 0.161 e. The summed E-state index contributed by atoms with van der Waals surface area (Å²) in [7, 11) is 7.18. The standard InChI is InChI=1S/C15H10N2S6/c1-3-7-12-10(5-1)16-14(20-12)22-18-9-19-23-15-17-11-6-2-4-8-13(11)21-15/h1-8H,9H2. The van der Waals surface area contributed by atoms with Crippen molar-refractivity contribution < 1.29 is 0 Å². The summed E-state index contributed by atoms with van der Waals surface area (Å²) < 4.78 is 4.77. The van der Waals surface area contributed by atoms with Crippen molar-refractivity contribution in [2.75, 3.05) is 5.08 Å². The van der Waals surface area contributed by atoms with Gasteiger partial charge in [0.1, 0.15) is 0 Å². The lowest BCUT2D eigenvalue weighted by atomic mass is 10.3. The predicted molar refractivity (Wildman–Crippen MR) is 111 cm³/mol. The lowest BCUT2D eigenvalue weighted by Gasteiger charge is -1.96. The van der Waals surface area contributed by atoms with Crippen LogP contribution in [0.1, 0.15) is 0 Å². The minimum Gasteiger partial charge on any atom is -0.229 e. The maximum absolute atomic E-state index is 4.63. The lowest BCUT2D eigenvalue weighted by molar-refractivity contribution is 1.31. The Balaban J connectivity index is 1.27. The lowest BCUT2D eigenvalue weighted by Crippen LogP contribution is -1.68. The van der Waals surface area contributed by atoms with Crippen LogP contribution in [0.25, 0.3) is 20.4 Å². The molecule has 0 atom stereocenters. The molecule has 0 fully saturated rings. The van der Waals surface area contributed by atoms with Crippen molar-refractivity contribution in [3.8, 4) is 0 Å². The molecule has 8 heteroatoms. The highest BCUT2D eigenvalue weighted by Crippen LogP contribution is 2.43. The Kier molecular flexibility index (Phi) is 5.37. The van der Waals surface area contributed by atoms with Gasteiger partial charge in [0.05, 0.1) is 25.5 Å². The molecule has 0 aliphatic carbocycles. The number of aromatic nitrogens is 2. The molecular formula is C15H10N2S6. The maximum atomic E-state index is 4.63. The number of hydrogen-bond donors (Lipinski definition) is 0. The molecule has 0 radical (unpaired) electrons. The van der Waals surface area contributed by atoms with Gasteiger partial charge in [0, 0.05) is 0 Å². The van der Waals surface area contributed by atoms with Gasteiger partial charge < -0.3 is 0 Å². The molecule has 0 unspecified atom stereocenters. The van der Waals surface area contributed by atoms with Crippen LogP contribution in [0.15, 0.2) is 57.2 Å². The van der Waals surface area contributed by atoms with Gasteiger partial charge in [-0.2, -0.15) is 0 Å². The van der Waals surface area contributed by atoms with Crippen LogP contribution in [0.3, 0.4) is 0 Å². The molecule has 116 valence electrons. The first kappa shape index (κ1) is 16.1. The third-order valence-electron chi connectivity index (χ3n) is 2.91. The Labute approximate surface area is 157 Å². The van der Waals surface area contributed by atoms with Crippen LogP contribution in [0, 0.1) is 0 Å². The number of hydrogen-bond acceptors (Lipinski definition) is 8. The molecule has 2 aromatic carbocycles. The van der Waals surface area contributed by atoms with Crippen molar-refractivity contribution in [3.63, 3.8) is 0 Å². The Hall–Kier alpha value is -0.380. The zero-order valence-corrected chi connectivity index (χ0v) is 16.6. The summed E-state index contributed by atoms with van der Waals surface area (Å²) in [4.78, 5) is 9.26. The first-order valence-corrected chi connectivity index (χ1v) is 13.0. The molecule has 2 heterocycles. The van der Waals surface area contributed by atoms with Gasteiger partial charge >= 0.3 is 0 Å². The van der Waals surface area contributed by atoms with E-state index in [4.69, 9.17) is 0 Å². The summed E-state index contributed by atoms with van der Waals surface area (Å²) in [6, 6.07) is 16.6. The molecule has 0 spiro atoms. The van der Waals surface area contributed by atoms with Crippen LogP contribution in [-0.2, 0) is 0 Å². The van der Waals surface area contributed by atoms with E-state index in [2.05, 4.69) is 46.4 Å². The largest absolute Gasteiger partial charge is 0.229 e. The molecule has 2 aromatic heterocycles. The van der Waals surface area contributed by atoms with Gasteiger partial charge in [-0.15, -0.1) is 22.7 Å². The molecule has 4 rings (SSSR count). The number of para-hydroxylation sites is 2. The molecule has 2 nitrogen and oxygen atoms in total. The molecule has 0 aliphatic rings. The minimum absolute atomic E-state index is 1.00. The van der Waals surface area contributed by atoms with Gasteiger partial charge in [0.15, 0.2) is 8.68 Å². The van der Waals surface area contributed by atoms with Gasteiger partial charge in [-0.05, 0) is 45.9 Å². The van der Waals surface area contributed by atoms with Crippen LogP contribution < -0.4 is 0 Å². The zero-order chi connectivity index (χ0) is 15.5. The topological polar surface area (TPSA) is 25.8 Å². The van der Waals surface area contributed by atoms with Crippen LogP contribution >= 0.6 is 65.8 Å². The van der Waals surface area contributed by atoms with Crippen LogP contribution in [0.5, 0.6) is 0 Å². The third-order valence-corrected chi connectivity index (χ3v) is 11.1. The summed E-state index contributed by atoms with van der Waals surface area (Å²) in [5, 5.41) is 1.00. The van der Waals surface area contributed by atoms with Gasteiger partial charge in [-0.3, -0.25) is 0 Å². The Morgan fingerprint density at radius 1 is 0.696 bits per heavy atom. The van der Waals surface area contributed by atoms with E-state index in [1.807, 2.05) is 33.7 Å². The highest BCUT2D eigenvalue weighted by atomic mass is 33.1. The van der Waals surface area contributed by atoms with Gasteiger partial charge in [0.25, 0.3) is 0 Å². The Morgan fingerprint density at radius 2 is 1.17 bits per heavy atom. The fraction of sp³-hybridized carbons (Fsp3) is 0.0667. The summed E-state index contributed by atoms with van der Waals surface area (Å²) in [6.07, 6.45) is 0. The van der Waals surface area contributed by atoms with Crippen LogP contribution in [0.2, 0.25) is 0 Å². The fourth-order valence-corrected chi connectivity index (χ4v) is 9.75. The quantitative estimate of drug-likeness (QED) is 0.192. The van der Waals surface area contributed by atoms with E-state index < -0.39 is 0 Å². The number of nitrogens with zero attached hydrogens (tertiary/aromatic N) is 2. The molecular weight excluding hydrogens is 401 g/mol. The predicted octanol–water partition coefficient (Wildman–Crippen LogP) is 7.04. The SMILES string of the molecule is c1ccc2sc(SSCSSc3nc4ccccc4s3)nc2c1. The van der Waals surface area contributed by atoms with E-state index in [-0.39, 0.29) is 0 Å². The van der Waals surface area contributed by atoms with Crippen molar-refractivity contribution in [3.05, 3.63) is 48.5 Å². The summed E-state index contributed by atoms with van der Waals surface area (Å²) in [6.45, 7) is 0. The van der Waals surface area contributed by atoms with Crippen LogP contribution in [-0.4, -0.2) is 15.1 Å². The smallest absolute Gasteiger partial charge is 0.161 e. The molecule has 23 heavy (non-hydrogen) atoms. The molecule has 0 aliphatic heterocycles. The highest BCUT2D eigenvalue weighted by Gasteiger charge is 2.06. The van der Waals surface area contributed by atoms with Crippen molar-refractivity contribution in [1.29, 1.82) is 0 Å². The summed E-state index contributed by atoms with van der Waals surface area (Å²) in [5.41, 5.74) is 2.19. The normalized spacial score (nSPS) is 11.5. The average molecular weight is 411 g/mol. The average Bonchev–Trinajstić information content (AvgIpc) is 3.17. The molecule has 0 saturated carbocycles. The van der Waals surface area contributed by atoms with Crippen molar-refractivity contribution in [2.24, 2.45) is 0 Å². The molecule has 0 N–H and O–H groups in total. The van der Waals surface area contributed by atoms with Gasteiger partial charge in [0.2, 0.25) is 0 Å². The summed E-state index contributed by atoms with van der Waals surface area (Å²) in [5.74, 6) is 0. The van der Waals surface area contributed by atoms with Crippen molar-refractivity contribution >= 4 is 86.3 Å². The fourth-order valence-electron chi connectivity index (χ4n) is 1.94. The van der Waals surface area contributed by atoms with Crippen molar-refractivity contribution in [2.45, 2.75) is 8.68 Å². The van der Waals surface area contributed by atoms with E-state index in [1.165, 1.54) is 9.40 Å². The first-order chi connectivity index (χ1) is 11.4. The van der Waals surface area contributed by atoms with Gasteiger partial charge in [-0.1, -0.05) is 45.9 Å². The second kappa shape index (κ2) is 7.67. The number of benzene rings is 2. The molecule has 4 aromatic rings. The monoisotopic (exact) mass is 410 g/mol. The van der Waals surface area contributed by atoms with E-state index in [1.54, 1.807) is 44.3 Å². The number of rotatable bonds is 6. The molecule has 0 saturated heterocycles. The van der Waals surface area contributed by atoms with E-state index in [0.29, 0.717) is 0 Å². The molecule has 0 bridgehead atoms.